The summed E-state index contributed by atoms with van der Waals surface area (Å²) < 4.78 is 76.8. The van der Waals surface area contributed by atoms with E-state index >= 15 is 0 Å². The van der Waals surface area contributed by atoms with Crippen molar-refractivity contribution in [1.29, 1.82) is 0 Å². The van der Waals surface area contributed by atoms with Crippen LogP contribution in [0.5, 0.6) is 0 Å². The third-order valence-corrected chi connectivity index (χ3v) is 2.83. The molecular weight excluding hydrogens is 300 g/mol. The van der Waals surface area contributed by atoms with Gasteiger partial charge in [0.25, 0.3) is 0 Å². The minimum atomic E-state index is -4.81. The lowest BCUT2D eigenvalue weighted by Gasteiger charge is -2.32. The second-order valence-corrected chi connectivity index (χ2v) is 4.84. The van der Waals surface area contributed by atoms with Gasteiger partial charge in [0.2, 0.25) is 0 Å². The molecule has 0 aliphatic rings. The van der Waals surface area contributed by atoms with Gasteiger partial charge in [-0.05, 0) is 31.5 Å². The molecular formula is C13H15F6NO. The fourth-order valence-electron chi connectivity index (χ4n) is 1.90. The topological polar surface area (TPSA) is 23.5 Å². The smallest absolute Gasteiger partial charge is 0.392 e. The van der Waals surface area contributed by atoms with Crippen LogP contribution in [-0.4, -0.2) is 23.9 Å². The lowest BCUT2D eigenvalue weighted by Crippen LogP contribution is -2.40. The third kappa shape index (κ3) is 4.80. The van der Waals surface area contributed by atoms with Crippen LogP contribution in [0.2, 0.25) is 0 Å². The molecule has 1 N–H and O–H groups in total. The van der Waals surface area contributed by atoms with Crippen LogP contribution < -0.4 is 4.90 Å². The number of halogens is 6. The van der Waals surface area contributed by atoms with E-state index in [0.29, 0.717) is 11.0 Å². The number of hydrogen-bond donors (Lipinski definition) is 1. The van der Waals surface area contributed by atoms with Gasteiger partial charge in [-0.1, -0.05) is 6.07 Å². The second kappa shape index (κ2) is 6.13. The monoisotopic (exact) mass is 315 g/mol. The molecule has 0 unspecified atom stereocenters. The van der Waals surface area contributed by atoms with Crippen LogP contribution in [0.15, 0.2) is 18.2 Å². The van der Waals surface area contributed by atoms with Gasteiger partial charge < -0.3 is 10.0 Å². The quantitative estimate of drug-likeness (QED) is 0.850. The Hall–Kier alpha value is -1.44. The first kappa shape index (κ1) is 17.6. The van der Waals surface area contributed by atoms with Crippen molar-refractivity contribution in [2.75, 3.05) is 11.4 Å². The van der Waals surface area contributed by atoms with E-state index in [4.69, 9.17) is 5.11 Å². The minimum Gasteiger partial charge on any atom is -0.392 e. The summed E-state index contributed by atoms with van der Waals surface area (Å²) in [7, 11) is 0. The molecule has 0 saturated heterocycles. The second-order valence-electron chi connectivity index (χ2n) is 4.84. The van der Waals surface area contributed by atoms with Gasteiger partial charge in [0.05, 0.1) is 12.2 Å². The average molecular weight is 315 g/mol. The van der Waals surface area contributed by atoms with Gasteiger partial charge in [-0.2, -0.15) is 26.3 Å². The van der Waals surface area contributed by atoms with Gasteiger partial charge in [-0.25, -0.2) is 0 Å². The van der Waals surface area contributed by atoms with Gasteiger partial charge in [-0.3, -0.25) is 0 Å². The van der Waals surface area contributed by atoms with Gasteiger partial charge in [0.15, 0.2) is 0 Å². The molecule has 21 heavy (non-hydrogen) atoms. The molecule has 2 nitrogen and oxygen atoms in total. The summed E-state index contributed by atoms with van der Waals surface area (Å²) in [6, 6.07) is 2.03. The summed E-state index contributed by atoms with van der Waals surface area (Å²) in [4.78, 5) is 0.643. The summed E-state index contributed by atoms with van der Waals surface area (Å²) in [5.41, 5.74) is -1.75. The van der Waals surface area contributed by atoms with Crippen molar-refractivity contribution in [3.8, 4) is 0 Å². The Morgan fingerprint density at radius 1 is 1.10 bits per heavy atom. The predicted molar refractivity (Wildman–Crippen MR) is 65.9 cm³/mol. The van der Waals surface area contributed by atoms with Gasteiger partial charge in [-0.15, -0.1) is 0 Å². The van der Waals surface area contributed by atoms with E-state index in [1.807, 2.05) is 0 Å². The number of aliphatic hydroxyl groups excluding tert-OH is 1. The Morgan fingerprint density at radius 3 is 2.05 bits per heavy atom. The third-order valence-electron chi connectivity index (χ3n) is 2.83. The molecule has 1 aromatic rings. The summed E-state index contributed by atoms with van der Waals surface area (Å²) in [5, 5.41) is 8.89. The number of alkyl halides is 6. The molecule has 0 radical (unpaired) electrons. The van der Waals surface area contributed by atoms with Crippen molar-refractivity contribution in [2.24, 2.45) is 0 Å². The Labute approximate surface area is 118 Å². The summed E-state index contributed by atoms with van der Waals surface area (Å²) >= 11 is 0. The predicted octanol–water partition coefficient (Wildman–Crippen LogP) is 3.97. The van der Waals surface area contributed by atoms with E-state index in [2.05, 4.69) is 0 Å². The molecule has 1 rings (SSSR count). The molecule has 0 aliphatic heterocycles. The Bertz CT molecular complexity index is 481. The van der Waals surface area contributed by atoms with Crippen molar-refractivity contribution >= 4 is 5.69 Å². The molecule has 0 amide bonds. The molecule has 0 bridgehead atoms. The molecule has 0 fully saturated rings. The van der Waals surface area contributed by atoms with Gasteiger partial charge in [0.1, 0.15) is 6.54 Å². The zero-order chi connectivity index (χ0) is 16.4. The van der Waals surface area contributed by atoms with Crippen LogP contribution in [0.1, 0.15) is 25.0 Å². The molecule has 0 atom stereocenters. The molecule has 0 heterocycles. The van der Waals surface area contributed by atoms with Crippen molar-refractivity contribution in [1.82, 2.24) is 0 Å². The fourth-order valence-corrected chi connectivity index (χ4v) is 1.90. The van der Waals surface area contributed by atoms with E-state index in [-0.39, 0.29) is 5.56 Å². The van der Waals surface area contributed by atoms with E-state index in [0.717, 1.165) is 6.07 Å². The molecule has 0 saturated carbocycles. The number of nitrogens with zero attached hydrogens (tertiary/aromatic N) is 1. The van der Waals surface area contributed by atoms with Gasteiger partial charge in [0, 0.05) is 11.7 Å². The van der Waals surface area contributed by atoms with Crippen molar-refractivity contribution in [3.63, 3.8) is 0 Å². The highest BCUT2D eigenvalue weighted by atomic mass is 19.4. The summed E-state index contributed by atoms with van der Waals surface area (Å²) in [6.45, 7) is 0.661. The first-order chi connectivity index (χ1) is 9.45. The highest BCUT2D eigenvalue weighted by Crippen LogP contribution is 2.38. The zero-order valence-corrected chi connectivity index (χ0v) is 11.4. The SMILES string of the molecule is CC(C)N(CC(F)(F)F)c1ccc(CO)cc1C(F)(F)F. The summed E-state index contributed by atoms with van der Waals surface area (Å²) in [6.07, 6.45) is -9.43. The van der Waals surface area contributed by atoms with E-state index < -0.39 is 42.8 Å². The van der Waals surface area contributed by atoms with Crippen LogP contribution in [-0.2, 0) is 12.8 Å². The maximum Gasteiger partial charge on any atom is 0.418 e. The normalized spacial score (nSPS) is 12.9. The maximum absolute atomic E-state index is 13.0. The Kier molecular flexibility index (Phi) is 5.14. The standard InChI is InChI=1S/C13H15F6NO/c1-8(2)20(7-12(14,15)16)11-4-3-9(6-21)5-10(11)13(17,18)19/h3-5,8,21H,6-7H2,1-2H3. The van der Waals surface area contributed by atoms with Crippen LogP contribution in [0.3, 0.4) is 0 Å². The molecule has 8 heteroatoms. The number of rotatable bonds is 4. The highest BCUT2D eigenvalue weighted by Gasteiger charge is 2.38. The number of anilines is 1. The largest absolute Gasteiger partial charge is 0.418 e. The van der Waals surface area contributed by atoms with Crippen molar-refractivity contribution in [2.45, 2.75) is 38.8 Å². The van der Waals surface area contributed by atoms with Crippen LogP contribution >= 0.6 is 0 Å². The minimum absolute atomic E-state index is 0.0122. The van der Waals surface area contributed by atoms with Crippen molar-refractivity contribution < 1.29 is 31.4 Å². The average Bonchev–Trinajstić information content (AvgIpc) is 2.33. The van der Waals surface area contributed by atoms with Crippen LogP contribution in [0.4, 0.5) is 32.0 Å². The Balaban J connectivity index is 3.37. The van der Waals surface area contributed by atoms with E-state index in [1.165, 1.54) is 19.9 Å². The van der Waals surface area contributed by atoms with E-state index in [9.17, 15) is 26.3 Å². The highest BCUT2D eigenvalue weighted by molar-refractivity contribution is 5.57. The molecule has 1 aromatic carbocycles. The lowest BCUT2D eigenvalue weighted by atomic mass is 10.1. The van der Waals surface area contributed by atoms with Crippen LogP contribution in [0, 0.1) is 0 Å². The van der Waals surface area contributed by atoms with E-state index in [1.54, 1.807) is 0 Å². The maximum atomic E-state index is 13.0. The lowest BCUT2D eigenvalue weighted by molar-refractivity contribution is -0.138. The molecule has 0 aromatic heterocycles. The number of aliphatic hydroxyl groups is 1. The fraction of sp³-hybridized carbons (Fsp3) is 0.538. The Morgan fingerprint density at radius 2 is 1.67 bits per heavy atom. The van der Waals surface area contributed by atoms with Crippen LogP contribution in [0.25, 0.3) is 0 Å². The molecule has 120 valence electrons. The number of benzene rings is 1. The first-order valence-corrected chi connectivity index (χ1v) is 6.10. The number of hydrogen-bond acceptors (Lipinski definition) is 2. The summed E-state index contributed by atoms with van der Waals surface area (Å²) in [5.74, 6) is 0. The van der Waals surface area contributed by atoms with Gasteiger partial charge >= 0.3 is 12.4 Å². The molecule has 0 aliphatic carbocycles. The molecule has 0 spiro atoms. The zero-order valence-electron chi connectivity index (χ0n) is 11.4. The van der Waals surface area contributed by atoms with Crippen molar-refractivity contribution in [3.05, 3.63) is 29.3 Å². The first-order valence-electron chi connectivity index (χ1n) is 6.10.